The van der Waals surface area contributed by atoms with Gasteiger partial charge in [0.15, 0.2) is 0 Å². The second-order valence-corrected chi connectivity index (χ2v) is 4.55. The van der Waals surface area contributed by atoms with Crippen LogP contribution in [0.5, 0.6) is 0 Å². The fraction of sp³-hybridized carbons (Fsp3) is 0.273. The summed E-state index contributed by atoms with van der Waals surface area (Å²) in [5, 5.41) is 8.58. The molecule has 0 aliphatic carbocycles. The standard InChI is InChI=1S/C11H10O3S/c12-10(11(13)14)8-3-4-9-7(6-8)2-1-5-15-9/h3-4,6H,1-2,5H2,(H,13,14). The Labute approximate surface area is 91.5 Å². The largest absolute Gasteiger partial charge is 0.475 e. The van der Waals surface area contributed by atoms with Gasteiger partial charge >= 0.3 is 5.97 Å². The molecule has 0 saturated heterocycles. The van der Waals surface area contributed by atoms with Crippen LogP contribution in [0.1, 0.15) is 22.3 Å². The monoisotopic (exact) mass is 222 g/mol. The van der Waals surface area contributed by atoms with Crippen LogP contribution < -0.4 is 0 Å². The van der Waals surface area contributed by atoms with E-state index in [1.807, 2.05) is 6.07 Å². The maximum Gasteiger partial charge on any atom is 0.377 e. The smallest absolute Gasteiger partial charge is 0.377 e. The number of rotatable bonds is 2. The first-order chi connectivity index (χ1) is 7.18. The molecule has 2 rings (SSSR count). The Kier molecular flexibility index (Phi) is 2.77. The predicted molar refractivity (Wildman–Crippen MR) is 57.5 cm³/mol. The molecular weight excluding hydrogens is 212 g/mol. The number of thioether (sulfide) groups is 1. The van der Waals surface area contributed by atoms with Crippen LogP contribution in [0.4, 0.5) is 0 Å². The molecule has 0 unspecified atom stereocenters. The van der Waals surface area contributed by atoms with Crippen LogP contribution in [-0.4, -0.2) is 22.6 Å². The molecule has 1 N–H and O–H groups in total. The number of benzene rings is 1. The van der Waals surface area contributed by atoms with Crippen LogP contribution in [0.3, 0.4) is 0 Å². The molecule has 1 aliphatic heterocycles. The number of carboxylic acid groups (broad SMARTS) is 1. The molecule has 0 spiro atoms. The highest BCUT2D eigenvalue weighted by Gasteiger charge is 2.17. The van der Waals surface area contributed by atoms with Gasteiger partial charge in [-0.1, -0.05) is 0 Å². The minimum atomic E-state index is -1.39. The van der Waals surface area contributed by atoms with Gasteiger partial charge in [-0.15, -0.1) is 11.8 Å². The average molecular weight is 222 g/mol. The van der Waals surface area contributed by atoms with Crippen molar-refractivity contribution in [2.75, 3.05) is 5.75 Å². The van der Waals surface area contributed by atoms with Crippen molar-refractivity contribution in [1.29, 1.82) is 0 Å². The highest BCUT2D eigenvalue weighted by atomic mass is 32.2. The number of carboxylic acids is 1. The van der Waals surface area contributed by atoms with Gasteiger partial charge in [0.1, 0.15) is 0 Å². The summed E-state index contributed by atoms with van der Waals surface area (Å²) in [4.78, 5) is 22.9. The topological polar surface area (TPSA) is 54.4 Å². The van der Waals surface area contributed by atoms with Crippen molar-refractivity contribution in [3.8, 4) is 0 Å². The van der Waals surface area contributed by atoms with Gasteiger partial charge in [0.05, 0.1) is 0 Å². The number of fused-ring (bicyclic) bond motifs is 1. The van der Waals surface area contributed by atoms with E-state index in [9.17, 15) is 9.59 Å². The zero-order chi connectivity index (χ0) is 10.8. The van der Waals surface area contributed by atoms with Crippen molar-refractivity contribution < 1.29 is 14.7 Å². The van der Waals surface area contributed by atoms with Crippen molar-refractivity contribution in [3.05, 3.63) is 29.3 Å². The summed E-state index contributed by atoms with van der Waals surface area (Å²) in [5.41, 5.74) is 1.38. The molecule has 0 saturated carbocycles. The maximum atomic E-state index is 11.2. The minimum Gasteiger partial charge on any atom is -0.475 e. The summed E-state index contributed by atoms with van der Waals surface area (Å²) >= 11 is 1.76. The zero-order valence-electron chi connectivity index (χ0n) is 8.03. The summed E-state index contributed by atoms with van der Waals surface area (Å²) < 4.78 is 0. The average Bonchev–Trinajstić information content (AvgIpc) is 2.27. The highest BCUT2D eigenvalue weighted by molar-refractivity contribution is 7.99. The van der Waals surface area contributed by atoms with E-state index in [0.717, 1.165) is 24.2 Å². The molecule has 0 bridgehead atoms. The van der Waals surface area contributed by atoms with Gasteiger partial charge < -0.3 is 5.11 Å². The maximum absolute atomic E-state index is 11.2. The predicted octanol–water partition coefficient (Wildman–Crippen LogP) is 1.99. The third kappa shape index (κ3) is 2.04. The fourth-order valence-corrected chi connectivity index (χ4v) is 2.64. The third-order valence-electron chi connectivity index (χ3n) is 2.36. The number of carbonyl (C=O) groups is 2. The second-order valence-electron chi connectivity index (χ2n) is 3.41. The van der Waals surface area contributed by atoms with Gasteiger partial charge in [0.2, 0.25) is 0 Å². The van der Waals surface area contributed by atoms with Gasteiger partial charge in [-0.3, -0.25) is 4.79 Å². The number of ketones is 1. The van der Waals surface area contributed by atoms with Crippen molar-refractivity contribution in [2.45, 2.75) is 17.7 Å². The summed E-state index contributed by atoms with van der Waals surface area (Å²) in [6.45, 7) is 0. The van der Waals surface area contributed by atoms with Gasteiger partial charge in [0.25, 0.3) is 5.78 Å². The highest BCUT2D eigenvalue weighted by Crippen LogP contribution is 2.30. The van der Waals surface area contributed by atoms with E-state index in [2.05, 4.69) is 0 Å². The molecule has 15 heavy (non-hydrogen) atoms. The van der Waals surface area contributed by atoms with E-state index in [1.165, 1.54) is 4.90 Å². The molecule has 0 aromatic heterocycles. The van der Waals surface area contributed by atoms with E-state index >= 15 is 0 Å². The molecule has 1 heterocycles. The summed E-state index contributed by atoms with van der Waals surface area (Å²) in [6, 6.07) is 5.14. The Hall–Kier alpha value is -1.29. The molecule has 0 atom stereocenters. The molecule has 0 fully saturated rings. The normalized spacial score (nSPS) is 14.4. The molecule has 1 aromatic rings. The van der Waals surface area contributed by atoms with E-state index < -0.39 is 11.8 Å². The summed E-state index contributed by atoms with van der Waals surface area (Å²) in [5.74, 6) is -1.12. The fourth-order valence-electron chi connectivity index (χ4n) is 1.63. The second kappa shape index (κ2) is 4.06. The quantitative estimate of drug-likeness (QED) is 0.614. The zero-order valence-corrected chi connectivity index (χ0v) is 8.84. The van der Waals surface area contributed by atoms with Crippen LogP contribution in [0, 0.1) is 0 Å². The number of hydrogen-bond acceptors (Lipinski definition) is 3. The lowest BCUT2D eigenvalue weighted by molar-refractivity contribution is -0.131. The Morgan fingerprint density at radius 1 is 1.33 bits per heavy atom. The van der Waals surface area contributed by atoms with Crippen molar-refractivity contribution >= 4 is 23.5 Å². The van der Waals surface area contributed by atoms with Gasteiger partial charge in [0, 0.05) is 10.5 Å². The summed E-state index contributed by atoms with van der Waals surface area (Å²) in [6.07, 6.45) is 2.02. The van der Waals surface area contributed by atoms with E-state index in [4.69, 9.17) is 5.11 Å². The lowest BCUT2D eigenvalue weighted by atomic mass is 10.0. The third-order valence-corrected chi connectivity index (χ3v) is 3.57. The molecular formula is C11H10O3S. The molecule has 78 valence electrons. The van der Waals surface area contributed by atoms with Crippen molar-refractivity contribution in [3.63, 3.8) is 0 Å². The number of carbonyl (C=O) groups excluding carboxylic acids is 1. The molecule has 1 aliphatic rings. The first-order valence-electron chi connectivity index (χ1n) is 4.72. The Morgan fingerprint density at radius 2 is 2.13 bits per heavy atom. The van der Waals surface area contributed by atoms with Crippen LogP contribution in [0.2, 0.25) is 0 Å². The SMILES string of the molecule is O=C(O)C(=O)c1ccc2c(c1)CCCS2. The van der Waals surface area contributed by atoms with E-state index in [0.29, 0.717) is 0 Å². The lowest BCUT2D eigenvalue weighted by Gasteiger charge is -2.15. The van der Waals surface area contributed by atoms with Crippen LogP contribution in [0.15, 0.2) is 23.1 Å². The Bertz CT molecular complexity index is 426. The molecule has 3 nitrogen and oxygen atoms in total. The Morgan fingerprint density at radius 3 is 2.87 bits per heavy atom. The van der Waals surface area contributed by atoms with Crippen LogP contribution in [-0.2, 0) is 11.2 Å². The number of aryl methyl sites for hydroxylation is 1. The number of Topliss-reactive ketones (excluding diaryl/α,β-unsaturated/α-hetero) is 1. The van der Waals surface area contributed by atoms with E-state index in [1.54, 1.807) is 23.9 Å². The first kappa shape index (κ1) is 10.2. The molecule has 0 radical (unpaired) electrons. The minimum absolute atomic E-state index is 0.281. The molecule has 0 amide bonds. The molecule has 1 aromatic carbocycles. The first-order valence-corrected chi connectivity index (χ1v) is 5.70. The van der Waals surface area contributed by atoms with Crippen LogP contribution >= 0.6 is 11.8 Å². The lowest BCUT2D eigenvalue weighted by Crippen LogP contribution is -2.13. The van der Waals surface area contributed by atoms with Crippen molar-refractivity contribution in [2.24, 2.45) is 0 Å². The number of aliphatic carboxylic acids is 1. The van der Waals surface area contributed by atoms with Crippen molar-refractivity contribution in [1.82, 2.24) is 0 Å². The van der Waals surface area contributed by atoms with E-state index in [-0.39, 0.29) is 5.56 Å². The summed E-state index contributed by atoms with van der Waals surface area (Å²) in [7, 11) is 0. The van der Waals surface area contributed by atoms with Gasteiger partial charge in [-0.2, -0.15) is 0 Å². The van der Waals surface area contributed by atoms with Gasteiger partial charge in [-0.05, 0) is 42.4 Å². The number of hydrogen-bond donors (Lipinski definition) is 1. The van der Waals surface area contributed by atoms with Gasteiger partial charge in [-0.25, -0.2) is 4.79 Å². The van der Waals surface area contributed by atoms with Crippen LogP contribution in [0.25, 0.3) is 0 Å². The Balaban J connectivity index is 2.36. The molecule has 4 heteroatoms.